The van der Waals surface area contributed by atoms with Crippen molar-refractivity contribution in [3.05, 3.63) is 0 Å². The van der Waals surface area contributed by atoms with Gasteiger partial charge in [0.2, 0.25) is 0 Å². The van der Waals surface area contributed by atoms with Crippen LogP contribution in [-0.4, -0.2) is 51.3 Å². The molecule has 0 saturated carbocycles. The summed E-state index contributed by atoms with van der Waals surface area (Å²) in [4.78, 5) is 29.3. The summed E-state index contributed by atoms with van der Waals surface area (Å²) in [5.74, 6) is 0. The monoisotopic (exact) mass is 156 g/mol. The largest absolute Gasteiger partial charge is 2.00 e. The Hall–Kier alpha value is 1.25. The van der Waals surface area contributed by atoms with Crippen LogP contribution in [0.3, 0.4) is 0 Å². The zero-order valence-electron chi connectivity index (χ0n) is 5.70. The maximum absolute atomic E-state index is 7.33. The molecule has 0 saturated heterocycles. The Morgan fingerprint density at radius 3 is 1.00 bits per heavy atom. The molecule has 7 heteroatoms. The maximum atomic E-state index is 7.33. The third-order valence-electron chi connectivity index (χ3n) is 0. The third-order valence-corrected chi connectivity index (χ3v) is 0. The van der Waals surface area contributed by atoms with E-state index in [4.69, 9.17) is 19.2 Å². The zero-order chi connectivity index (χ0) is 4.50. The van der Waals surface area contributed by atoms with E-state index in [1.807, 2.05) is 0 Å². The molecule has 0 fully saturated rings. The van der Waals surface area contributed by atoms with Crippen LogP contribution in [0, 0.1) is 0 Å². The van der Waals surface area contributed by atoms with E-state index < -0.39 is 9.05 Å². The normalized spacial score (nSPS) is 8.57. The van der Waals surface area contributed by atoms with Crippen molar-refractivity contribution in [1.82, 2.24) is 0 Å². The van der Waals surface area contributed by atoms with Gasteiger partial charge >= 0.3 is 32.1 Å². The first-order chi connectivity index (χ1) is 2.00. The van der Waals surface area contributed by atoms with Gasteiger partial charge in [0.1, 0.15) is 0 Å². The molecule has 0 radical (unpaired) electrons. The molecule has 4 nitrogen and oxygen atoms in total. The molecule has 0 aromatic rings. The van der Waals surface area contributed by atoms with E-state index in [1.165, 1.54) is 0 Å². The fourth-order valence-corrected chi connectivity index (χ4v) is 0. The van der Waals surface area contributed by atoms with Gasteiger partial charge in [-0.05, 0) is 0 Å². The van der Waals surface area contributed by atoms with Crippen LogP contribution in [0.4, 0.5) is 0 Å². The predicted molar refractivity (Wildman–Crippen MR) is 33.7 cm³/mol. The molecule has 7 heavy (non-hydrogen) atoms. The van der Waals surface area contributed by atoms with Gasteiger partial charge in [-0.25, -0.2) is 0 Å². The van der Waals surface area contributed by atoms with Crippen LogP contribution in [0.15, 0.2) is 0 Å². The molecule has 0 aromatic heterocycles. The second-order valence-corrected chi connectivity index (χ2v) is 1.80. The fourth-order valence-electron chi connectivity index (χ4n) is 0. The molecule has 0 spiro atoms. The summed E-state index contributed by atoms with van der Waals surface area (Å²) in [6.07, 6.45) is 0. The van der Waals surface area contributed by atoms with Gasteiger partial charge in [-0.3, -0.25) is 0 Å². The molecular formula is H9MgO4PSi. The molecule has 1 unspecified atom stereocenters. The van der Waals surface area contributed by atoms with Crippen molar-refractivity contribution in [2.75, 3.05) is 0 Å². The van der Waals surface area contributed by atoms with Crippen LogP contribution in [0.1, 0.15) is 2.85 Å². The van der Waals surface area contributed by atoms with E-state index in [-0.39, 0.29) is 35.8 Å². The Morgan fingerprint density at radius 2 is 1.00 bits per heavy atom. The van der Waals surface area contributed by atoms with Crippen molar-refractivity contribution in [3.8, 4) is 0 Å². The van der Waals surface area contributed by atoms with Crippen molar-refractivity contribution in [2.45, 2.75) is 0 Å². The van der Waals surface area contributed by atoms with Gasteiger partial charge in [-0.1, -0.05) is 0 Å². The molecule has 0 aliphatic heterocycles. The van der Waals surface area contributed by atoms with Gasteiger partial charge < -0.3 is 22.0 Å². The van der Waals surface area contributed by atoms with Crippen LogP contribution >= 0.6 is 9.90 Å². The van der Waals surface area contributed by atoms with Crippen molar-refractivity contribution in [3.63, 3.8) is 0 Å². The van der Waals surface area contributed by atoms with Crippen LogP contribution < -0.4 is 0 Å². The predicted octanol–water partition coefficient (Wildman–Crippen LogP) is -2.71. The molecular weight excluding hydrogens is 147 g/mol. The van der Waals surface area contributed by atoms with E-state index in [9.17, 15) is 0 Å². The third kappa shape index (κ3) is 127. The Labute approximate surface area is 64.4 Å². The summed E-state index contributed by atoms with van der Waals surface area (Å²) in [6, 6.07) is 0. The standard InChI is InChI=1S/Mg.H4O4Si.H3P.2H/c;1-5(2,3)4;;;/h;1-4H;1H3;;/q+2;;;2*-1. The average Bonchev–Trinajstić information content (AvgIpc) is 0.722. The Morgan fingerprint density at radius 1 is 1.00 bits per heavy atom. The van der Waals surface area contributed by atoms with E-state index in [0.717, 1.165) is 0 Å². The van der Waals surface area contributed by atoms with Gasteiger partial charge in [-0.2, -0.15) is 9.90 Å². The van der Waals surface area contributed by atoms with E-state index in [0.29, 0.717) is 0 Å². The molecule has 0 aliphatic rings. The Kier molecular flexibility index (Phi) is 12.1. The van der Waals surface area contributed by atoms with Crippen LogP contribution in [0.2, 0.25) is 0 Å². The minimum absolute atomic E-state index is 0. The Balaban J connectivity index is -0.0000000133. The SMILES string of the molecule is O[Si](O)(O)O.P.[H-].[H-].[Mg+2]. The topological polar surface area (TPSA) is 80.9 Å². The van der Waals surface area contributed by atoms with Crippen molar-refractivity contribution in [2.24, 2.45) is 0 Å². The second kappa shape index (κ2) is 5.39. The first-order valence-corrected chi connectivity index (χ1v) is 2.68. The van der Waals surface area contributed by atoms with Crippen molar-refractivity contribution < 1.29 is 22.0 Å². The van der Waals surface area contributed by atoms with Gasteiger partial charge in [0.15, 0.2) is 0 Å². The summed E-state index contributed by atoms with van der Waals surface area (Å²) < 4.78 is 0. The zero-order valence-corrected chi connectivity index (χ0v) is 7.53. The summed E-state index contributed by atoms with van der Waals surface area (Å²) in [5.41, 5.74) is 0. The molecule has 44 valence electrons. The molecule has 4 N–H and O–H groups in total. The number of hydrogen-bond donors (Lipinski definition) is 4. The molecule has 1 atom stereocenters. The smallest absolute Gasteiger partial charge is 1.00 e. The molecule has 0 rings (SSSR count). The minimum Gasteiger partial charge on any atom is -1.00 e. The average molecular weight is 156 g/mol. The number of rotatable bonds is 0. The summed E-state index contributed by atoms with van der Waals surface area (Å²) in [6.45, 7) is 0. The van der Waals surface area contributed by atoms with Crippen molar-refractivity contribution >= 4 is 42.0 Å². The quantitative estimate of drug-likeness (QED) is 0.227. The first-order valence-electron chi connectivity index (χ1n) is 0.894. The van der Waals surface area contributed by atoms with Gasteiger partial charge in [0, 0.05) is 0 Å². The van der Waals surface area contributed by atoms with Crippen LogP contribution in [-0.2, 0) is 0 Å². The van der Waals surface area contributed by atoms with Gasteiger partial charge in [-0.15, -0.1) is 0 Å². The fraction of sp³-hybridized carbons (Fsp3) is 0. The summed E-state index contributed by atoms with van der Waals surface area (Å²) >= 11 is 0. The first kappa shape index (κ1) is 15.7. The summed E-state index contributed by atoms with van der Waals surface area (Å²) in [7, 11) is -4.61. The maximum Gasteiger partial charge on any atom is 2.00 e. The van der Waals surface area contributed by atoms with E-state index in [1.54, 1.807) is 0 Å². The van der Waals surface area contributed by atoms with Crippen LogP contribution in [0.25, 0.3) is 0 Å². The van der Waals surface area contributed by atoms with Crippen molar-refractivity contribution in [1.29, 1.82) is 0 Å². The summed E-state index contributed by atoms with van der Waals surface area (Å²) in [5, 5.41) is 0. The van der Waals surface area contributed by atoms with Gasteiger partial charge in [0.25, 0.3) is 0 Å². The Bertz CT molecular complexity index is 34.0. The second-order valence-electron chi connectivity index (χ2n) is 0.600. The molecule has 0 heterocycles. The molecule has 0 aliphatic carbocycles. The van der Waals surface area contributed by atoms with E-state index in [2.05, 4.69) is 0 Å². The van der Waals surface area contributed by atoms with E-state index >= 15 is 0 Å². The molecule has 0 bridgehead atoms. The van der Waals surface area contributed by atoms with Crippen LogP contribution in [0.5, 0.6) is 0 Å². The minimum atomic E-state index is -4.61. The molecule has 0 aromatic carbocycles. The molecule has 0 amide bonds. The van der Waals surface area contributed by atoms with Gasteiger partial charge in [0.05, 0.1) is 0 Å². The number of hydrogen-bond acceptors (Lipinski definition) is 4.